The van der Waals surface area contributed by atoms with E-state index in [4.69, 9.17) is 15.2 Å². The first kappa shape index (κ1) is 15.5. The van der Waals surface area contributed by atoms with E-state index < -0.39 is 0 Å². The van der Waals surface area contributed by atoms with Gasteiger partial charge in [-0.2, -0.15) is 11.8 Å². The highest BCUT2D eigenvalue weighted by Crippen LogP contribution is 2.28. The van der Waals surface area contributed by atoms with Crippen molar-refractivity contribution in [2.24, 2.45) is 10.7 Å². The minimum atomic E-state index is 0.382. The number of hydrogen-bond donors (Lipinski definition) is 2. The molecule has 1 rings (SSSR count). The van der Waals surface area contributed by atoms with Gasteiger partial charge in [0.2, 0.25) is 0 Å². The average Bonchev–Trinajstić information content (AvgIpc) is 2.43. The van der Waals surface area contributed by atoms with E-state index in [1.54, 1.807) is 26.0 Å². The van der Waals surface area contributed by atoms with E-state index in [0.717, 1.165) is 23.6 Å². The Kier molecular flexibility index (Phi) is 6.95. The van der Waals surface area contributed by atoms with Crippen LogP contribution in [0.15, 0.2) is 23.2 Å². The SMILES string of the molecule is COc1ccc(OC)c(NC(N)=NCCCSC)c1. The van der Waals surface area contributed by atoms with Gasteiger partial charge in [-0.15, -0.1) is 0 Å². The second-order valence-corrected chi connectivity index (χ2v) is 4.79. The van der Waals surface area contributed by atoms with Gasteiger partial charge < -0.3 is 20.5 Å². The number of rotatable bonds is 7. The third kappa shape index (κ3) is 5.30. The van der Waals surface area contributed by atoms with Gasteiger partial charge in [0.1, 0.15) is 11.5 Å². The topological polar surface area (TPSA) is 68.9 Å². The molecule has 0 heterocycles. The van der Waals surface area contributed by atoms with Crippen molar-refractivity contribution < 1.29 is 9.47 Å². The molecule has 106 valence electrons. The molecular formula is C13H21N3O2S. The molecule has 1 aromatic rings. The molecule has 5 nitrogen and oxygen atoms in total. The first-order valence-corrected chi connectivity index (χ1v) is 7.38. The fourth-order valence-corrected chi connectivity index (χ4v) is 1.92. The van der Waals surface area contributed by atoms with E-state index in [1.165, 1.54) is 0 Å². The van der Waals surface area contributed by atoms with Crippen LogP contribution in [0.1, 0.15) is 6.42 Å². The maximum absolute atomic E-state index is 5.84. The summed E-state index contributed by atoms with van der Waals surface area (Å²) in [5, 5.41) is 3.03. The number of nitrogens with one attached hydrogen (secondary N) is 1. The Bertz CT molecular complexity index is 424. The summed E-state index contributed by atoms with van der Waals surface area (Å²) < 4.78 is 10.4. The monoisotopic (exact) mass is 283 g/mol. The number of aliphatic imine (C=N–C) groups is 1. The maximum atomic E-state index is 5.84. The van der Waals surface area contributed by atoms with Crippen LogP contribution in [0.4, 0.5) is 5.69 Å². The first-order valence-electron chi connectivity index (χ1n) is 5.99. The summed E-state index contributed by atoms with van der Waals surface area (Å²) in [6, 6.07) is 5.47. The number of nitrogens with zero attached hydrogens (tertiary/aromatic N) is 1. The number of guanidine groups is 1. The summed E-state index contributed by atoms with van der Waals surface area (Å²) >= 11 is 1.80. The van der Waals surface area contributed by atoms with Crippen molar-refractivity contribution in [1.29, 1.82) is 0 Å². The average molecular weight is 283 g/mol. The van der Waals surface area contributed by atoms with E-state index in [0.29, 0.717) is 18.3 Å². The molecule has 3 N–H and O–H groups in total. The zero-order chi connectivity index (χ0) is 14.1. The summed E-state index contributed by atoms with van der Waals surface area (Å²) in [6.07, 6.45) is 3.09. The molecule has 0 saturated carbocycles. The van der Waals surface area contributed by atoms with Gasteiger partial charge in [0.05, 0.1) is 19.9 Å². The Morgan fingerprint density at radius 3 is 2.79 bits per heavy atom. The van der Waals surface area contributed by atoms with Crippen LogP contribution in [-0.2, 0) is 0 Å². The van der Waals surface area contributed by atoms with E-state index >= 15 is 0 Å². The fraction of sp³-hybridized carbons (Fsp3) is 0.462. The number of anilines is 1. The summed E-state index contributed by atoms with van der Waals surface area (Å²) in [5.74, 6) is 2.90. The van der Waals surface area contributed by atoms with E-state index in [-0.39, 0.29) is 0 Å². The molecule has 6 heteroatoms. The van der Waals surface area contributed by atoms with Crippen molar-refractivity contribution >= 4 is 23.4 Å². The zero-order valence-corrected chi connectivity index (χ0v) is 12.4. The van der Waals surface area contributed by atoms with Crippen LogP contribution >= 0.6 is 11.8 Å². The molecule has 0 aromatic heterocycles. The number of ether oxygens (including phenoxy) is 2. The van der Waals surface area contributed by atoms with Crippen LogP contribution in [0.5, 0.6) is 11.5 Å². The van der Waals surface area contributed by atoms with Crippen LogP contribution < -0.4 is 20.5 Å². The van der Waals surface area contributed by atoms with Gasteiger partial charge in [0, 0.05) is 12.6 Å². The highest BCUT2D eigenvalue weighted by molar-refractivity contribution is 7.98. The third-order valence-corrected chi connectivity index (χ3v) is 3.16. The lowest BCUT2D eigenvalue weighted by Crippen LogP contribution is -2.23. The quantitative estimate of drug-likeness (QED) is 0.456. The lowest BCUT2D eigenvalue weighted by molar-refractivity contribution is 0.405. The lowest BCUT2D eigenvalue weighted by atomic mass is 10.2. The van der Waals surface area contributed by atoms with E-state index in [1.807, 2.05) is 18.2 Å². The Hall–Kier alpha value is -1.56. The Morgan fingerprint density at radius 2 is 2.16 bits per heavy atom. The number of benzene rings is 1. The minimum Gasteiger partial charge on any atom is -0.497 e. The Labute approximate surface area is 118 Å². The molecule has 0 saturated heterocycles. The van der Waals surface area contributed by atoms with Gasteiger partial charge in [0.25, 0.3) is 0 Å². The number of thioether (sulfide) groups is 1. The smallest absolute Gasteiger partial charge is 0.193 e. The molecule has 0 atom stereocenters. The molecular weight excluding hydrogens is 262 g/mol. The molecule has 0 fully saturated rings. The van der Waals surface area contributed by atoms with Gasteiger partial charge in [-0.05, 0) is 30.6 Å². The molecule has 1 aromatic carbocycles. The summed E-state index contributed by atoms with van der Waals surface area (Å²) in [4.78, 5) is 4.26. The Morgan fingerprint density at radius 1 is 1.37 bits per heavy atom. The van der Waals surface area contributed by atoms with Crippen molar-refractivity contribution in [1.82, 2.24) is 0 Å². The lowest BCUT2D eigenvalue weighted by Gasteiger charge is -2.12. The van der Waals surface area contributed by atoms with Gasteiger partial charge in [-0.1, -0.05) is 0 Å². The van der Waals surface area contributed by atoms with Gasteiger partial charge in [-0.25, -0.2) is 0 Å². The molecule has 0 bridgehead atoms. The van der Waals surface area contributed by atoms with Crippen LogP contribution in [-0.4, -0.2) is 38.7 Å². The standard InChI is InChI=1S/C13H21N3O2S/c1-17-10-5-6-12(18-2)11(9-10)16-13(14)15-7-4-8-19-3/h5-6,9H,4,7-8H2,1-3H3,(H3,14,15,16). The number of methoxy groups -OCH3 is 2. The van der Waals surface area contributed by atoms with Crippen molar-refractivity contribution in [2.75, 3.05) is 38.1 Å². The molecule has 19 heavy (non-hydrogen) atoms. The van der Waals surface area contributed by atoms with E-state index in [2.05, 4.69) is 16.6 Å². The van der Waals surface area contributed by atoms with Crippen LogP contribution in [0.2, 0.25) is 0 Å². The molecule has 0 spiro atoms. The number of nitrogens with two attached hydrogens (primary N) is 1. The fourth-order valence-electron chi connectivity index (χ4n) is 1.50. The molecule has 0 amide bonds. The van der Waals surface area contributed by atoms with E-state index in [9.17, 15) is 0 Å². The predicted octanol–water partition coefficient (Wildman–Crippen LogP) is 2.18. The summed E-state index contributed by atoms with van der Waals surface area (Å²) in [5.41, 5.74) is 6.58. The predicted molar refractivity (Wildman–Crippen MR) is 82.7 cm³/mol. The van der Waals surface area contributed by atoms with Gasteiger partial charge in [0.15, 0.2) is 5.96 Å². The molecule has 0 aliphatic heterocycles. The highest BCUT2D eigenvalue weighted by atomic mass is 32.2. The third-order valence-electron chi connectivity index (χ3n) is 2.46. The van der Waals surface area contributed by atoms with Crippen LogP contribution in [0, 0.1) is 0 Å². The normalized spacial score (nSPS) is 11.2. The maximum Gasteiger partial charge on any atom is 0.193 e. The molecule has 0 unspecified atom stereocenters. The minimum absolute atomic E-state index is 0.382. The Balaban J connectivity index is 2.68. The highest BCUT2D eigenvalue weighted by Gasteiger charge is 2.05. The second-order valence-electron chi connectivity index (χ2n) is 3.80. The van der Waals surface area contributed by atoms with Crippen molar-refractivity contribution in [3.63, 3.8) is 0 Å². The number of hydrogen-bond acceptors (Lipinski definition) is 4. The molecule has 0 aliphatic rings. The molecule has 0 radical (unpaired) electrons. The van der Waals surface area contributed by atoms with Crippen LogP contribution in [0.25, 0.3) is 0 Å². The van der Waals surface area contributed by atoms with Crippen LogP contribution in [0.3, 0.4) is 0 Å². The first-order chi connectivity index (χ1) is 9.21. The zero-order valence-electron chi connectivity index (χ0n) is 11.6. The van der Waals surface area contributed by atoms with Crippen molar-refractivity contribution in [3.8, 4) is 11.5 Å². The van der Waals surface area contributed by atoms with Gasteiger partial charge >= 0.3 is 0 Å². The summed E-state index contributed by atoms with van der Waals surface area (Å²) in [6.45, 7) is 0.714. The van der Waals surface area contributed by atoms with Crippen molar-refractivity contribution in [3.05, 3.63) is 18.2 Å². The largest absolute Gasteiger partial charge is 0.497 e. The van der Waals surface area contributed by atoms with Gasteiger partial charge in [-0.3, -0.25) is 4.99 Å². The molecule has 0 aliphatic carbocycles. The van der Waals surface area contributed by atoms with Crippen molar-refractivity contribution in [2.45, 2.75) is 6.42 Å². The summed E-state index contributed by atoms with van der Waals surface area (Å²) in [7, 11) is 3.23. The second kappa shape index (κ2) is 8.53.